The number of hydrogen-bond donors (Lipinski definition) is 1. The van der Waals surface area contributed by atoms with Crippen molar-refractivity contribution >= 4 is 11.9 Å². The first-order valence-electron chi connectivity index (χ1n) is 8.15. The molecule has 26 heavy (non-hydrogen) atoms. The van der Waals surface area contributed by atoms with Crippen LogP contribution in [0.2, 0.25) is 0 Å². The first-order valence-corrected chi connectivity index (χ1v) is 8.15. The van der Waals surface area contributed by atoms with Crippen LogP contribution < -0.4 is 5.32 Å². The highest BCUT2D eigenvalue weighted by Gasteiger charge is 2.15. The lowest BCUT2D eigenvalue weighted by Crippen LogP contribution is -2.23. The van der Waals surface area contributed by atoms with E-state index in [0.717, 1.165) is 16.9 Å². The second-order valence-electron chi connectivity index (χ2n) is 5.76. The van der Waals surface area contributed by atoms with Crippen molar-refractivity contribution in [3.8, 4) is 5.69 Å². The predicted octanol–water partition coefficient (Wildman–Crippen LogP) is 2.90. The number of methoxy groups -OCH3 is 1. The summed E-state index contributed by atoms with van der Waals surface area (Å²) in [6.07, 6.45) is 1.57. The highest BCUT2D eigenvalue weighted by Crippen LogP contribution is 2.14. The van der Waals surface area contributed by atoms with Gasteiger partial charge in [-0.1, -0.05) is 30.3 Å². The van der Waals surface area contributed by atoms with Crippen LogP contribution in [0.25, 0.3) is 5.69 Å². The third kappa shape index (κ3) is 3.64. The predicted molar refractivity (Wildman–Crippen MR) is 97.3 cm³/mol. The Morgan fingerprint density at radius 3 is 2.42 bits per heavy atom. The fraction of sp³-hybridized carbons (Fsp3) is 0.150. The van der Waals surface area contributed by atoms with Gasteiger partial charge in [0.05, 0.1) is 35.8 Å². The molecule has 6 nitrogen and oxygen atoms in total. The fourth-order valence-corrected chi connectivity index (χ4v) is 2.62. The Bertz CT molecular complexity index is 915. The van der Waals surface area contributed by atoms with Crippen LogP contribution in [0.5, 0.6) is 0 Å². The number of nitrogens with zero attached hydrogens (tertiary/aromatic N) is 2. The van der Waals surface area contributed by atoms with Crippen LogP contribution in [-0.4, -0.2) is 28.8 Å². The summed E-state index contributed by atoms with van der Waals surface area (Å²) in [7, 11) is 1.34. The van der Waals surface area contributed by atoms with E-state index >= 15 is 0 Å². The molecule has 0 saturated heterocycles. The van der Waals surface area contributed by atoms with Crippen molar-refractivity contribution in [3.05, 3.63) is 83.2 Å². The molecule has 0 radical (unpaired) electrons. The molecule has 0 bridgehead atoms. The monoisotopic (exact) mass is 349 g/mol. The zero-order valence-corrected chi connectivity index (χ0v) is 14.6. The SMILES string of the molecule is COC(=O)c1ccc(CNC(=O)c2cnn(-c3ccccc3)c2C)cc1. The fourth-order valence-electron chi connectivity index (χ4n) is 2.62. The van der Waals surface area contributed by atoms with E-state index in [1.165, 1.54) is 7.11 Å². The van der Waals surface area contributed by atoms with Crippen LogP contribution in [0.1, 0.15) is 32.0 Å². The van der Waals surface area contributed by atoms with Gasteiger partial charge in [-0.05, 0) is 36.8 Å². The number of carbonyl (C=O) groups excluding carboxylic acids is 2. The summed E-state index contributed by atoms with van der Waals surface area (Å²) in [6.45, 7) is 2.22. The first kappa shape index (κ1) is 17.4. The van der Waals surface area contributed by atoms with Gasteiger partial charge in [-0.25, -0.2) is 9.48 Å². The van der Waals surface area contributed by atoms with Crippen LogP contribution in [0.3, 0.4) is 0 Å². The number of esters is 1. The zero-order chi connectivity index (χ0) is 18.5. The van der Waals surface area contributed by atoms with Crippen molar-refractivity contribution in [1.29, 1.82) is 0 Å². The Kier molecular flexibility index (Phi) is 5.12. The molecule has 1 heterocycles. The van der Waals surface area contributed by atoms with Crippen LogP contribution in [0, 0.1) is 6.92 Å². The van der Waals surface area contributed by atoms with Crippen molar-refractivity contribution in [2.75, 3.05) is 7.11 Å². The highest BCUT2D eigenvalue weighted by molar-refractivity contribution is 5.95. The number of ether oxygens (including phenoxy) is 1. The maximum atomic E-state index is 12.5. The minimum atomic E-state index is -0.385. The number of rotatable bonds is 5. The number of para-hydroxylation sites is 1. The summed E-state index contributed by atoms with van der Waals surface area (Å²) in [5.41, 5.74) is 3.57. The maximum absolute atomic E-state index is 12.5. The molecule has 1 aromatic heterocycles. The van der Waals surface area contributed by atoms with Crippen molar-refractivity contribution in [3.63, 3.8) is 0 Å². The lowest BCUT2D eigenvalue weighted by Gasteiger charge is -2.07. The van der Waals surface area contributed by atoms with Gasteiger partial charge in [0, 0.05) is 6.54 Å². The summed E-state index contributed by atoms with van der Waals surface area (Å²) < 4.78 is 6.40. The van der Waals surface area contributed by atoms with Gasteiger partial charge in [-0.3, -0.25) is 4.79 Å². The minimum Gasteiger partial charge on any atom is -0.465 e. The van der Waals surface area contributed by atoms with Crippen LogP contribution >= 0.6 is 0 Å². The topological polar surface area (TPSA) is 73.2 Å². The normalized spacial score (nSPS) is 10.4. The molecule has 0 spiro atoms. The van der Waals surface area contributed by atoms with Gasteiger partial charge in [0.25, 0.3) is 5.91 Å². The molecule has 132 valence electrons. The average molecular weight is 349 g/mol. The van der Waals surface area contributed by atoms with E-state index < -0.39 is 0 Å². The second kappa shape index (κ2) is 7.65. The average Bonchev–Trinajstić information content (AvgIpc) is 3.08. The highest BCUT2D eigenvalue weighted by atomic mass is 16.5. The Morgan fingerprint density at radius 1 is 1.08 bits per heavy atom. The molecular formula is C20H19N3O3. The smallest absolute Gasteiger partial charge is 0.337 e. The lowest BCUT2D eigenvalue weighted by atomic mass is 10.1. The van der Waals surface area contributed by atoms with Crippen LogP contribution in [0.4, 0.5) is 0 Å². The van der Waals surface area contributed by atoms with E-state index in [9.17, 15) is 9.59 Å². The largest absolute Gasteiger partial charge is 0.465 e. The lowest BCUT2D eigenvalue weighted by molar-refractivity contribution is 0.0600. The first-order chi connectivity index (χ1) is 12.6. The van der Waals surface area contributed by atoms with E-state index in [1.54, 1.807) is 35.1 Å². The molecule has 2 aromatic carbocycles. The molecule has 0 aliphatic heterocycles. The Morgan fingerprint density at radius 2 is 1.77 bits per heavy atom. The quantitative estimate of drug-likeness (QED) is 0.719. The molecule has 6 heteroatoms. The van der Waals surface area contributed by atoms with Crippen LogP contribution in [0.15, 0.2) is 60.8 Å². The summed E-state index contributed by atoms with van der Waals surface area (Å²) in [5.74, 6) is -0.578. The molecule has 0 aliphatic carbocycles. The number of nitrogens with one attached hydrogen (secondary N) is 1. The third-order valence-corrected chi connectivity index (χ3v) is 4.08. The Hall–Kier alpha value is -3.41. The van der Waals surface area contributed by atoms with Gasteiger partial charge in [-0.15, -0.1) is 0 Å². The molecule has 0 aliphatic rings. The van der Waals surface area contributed by atoms with Gasteiger partial charge in [-0.2, -0.15) is 5.10 Å². The van der Waals surface area contributed by atoms with E-state index in [-0.39, 0.29) is 11.9 Å². The van der Waals surface area contributed by atoms with Crippen LogP contribution in [-0.2, 0) is 11.3 Å². The molecule has 0 fully saturated rings. The number of benzene rings is 2. The molecule has 1 N–H and O–H groups in total. The Labute approximate surface area is 151 Å². The van der Waals surface area contributed by atoms with Crippen molar-refractivity contribution in [2.24, 2.45) is 0 Å². The molecule has 3 rings (SSSR count). The van der Waals surface area contributed by atoms with Crippen molar-refractivity contribution in [2.45, 2.75) is 13.5 Å². The summed E-state index contributed by atoms with van der Waals surface area (Å²) >= 11 is 0. The summed E-state index contributed by atoms with van der Waals surface area (Å²) in [6, 6.07) is 16.6. The molecule has 3 aromatic rings. The van der Waals surface area contributed by atoms with Gasteiger partial charge >= 0.3 is 5.97 Å². The van der Waals surface area contributed by atoms with Gasteiger partial charge in [0.15, 0.2) is 0 Å². The number of hydrogen-bond acceptors (Lipinski definition) is 4. The van der Waals surface area contributed by atoms with Crippen molar-refractivity contribution < 1.29 is 14.3 Å². The Balaban J connectivity index is 1.67. The van der Waals surface area contributed by atoms with Gasteiger partial charge in [0.2, 0.25) is 0 Å². The number of carbonyl (C=O) groups is 2. The van der Waals surface area contributed by atoms with E-state index in [1.807, 2.05) is 37.3 Å². The molecular weight excluding hydrogens is 330 g/mol. The zero-order valence-electron chi connectivity index (χ0n) is 14.6. The standard InChI is InChI=1S/C20H19N3O3/c1-14-18(13-22-23(14)17-6-4-3-5-7-17)19(24)21-12-15-8-10-16(11-9-15)20(25)26-2/h3-11,13H,12H2,1-2H3,(H,21,24). The third-order valence-electron chi connectivity index (χ3n) is 4.08. The number of aromatic nitrogens is 2. The van der Waals surface area contributed by atoms with Crippen molar-refractivity contribution in [1.82, 2.24) is 15.1 Å². The van der Waals surface area contributed by atoms with E-state index in [0.29, 0.717) is 17.7 Å². The van der Waals surface area contributed by atoms with Gasteiger partial charge < -0.3 is 10.1 Å². The molecule has 0 atom stereocenters. The minimum absolute atomic E-state index is 0.193. The van der Waals surface area contributed by atoms with E-state index in [4.69, 9.17) is 0 Å². The summed E-state index contributed by atoms with van der Waals surface area (Å²) in [4.78, 5) is 23.9. The second-order valence-corrected chi connectivity index (χ2v) is 5.76. The number of amides is 1. The van der Waals surface area contributed by atoms with E-state index in [2.05, 4.69) is 15.2 Å². The molecule has 0 unspecified atom stereocenters. The molecule has 0 saturated carbocycles. The maximum Gasteiger partial charge on any atom is 0.337 e. The summed E-state index contributed by atoms with van der Waals surface area (Å²) in [5, 5.41) is 7.18. The molecule has 1 amide bonds. The van der Waals surface area contributed by atoms with Gasteiger partial charge in [0.1, 0.15) is 0 Å².